The molecule has 2 aliphatic carbocycles. The quantitative estimate of drug-likeness (QED) is 0.464. The summed E-state index contributed by atoms with van der Waals surface area (Å²) in [5.74, 6) is 1.96. The zero-order chi connectivity index (χ0) is 7.14. The van der Waals surface area contributed by atoms with E-state index < -0.39 is 0 Å². The highest BCUT2D eigenvalue weighted by molar-refractivity contribution is 5.84. The average molecular weight is 136 g/mol. The molecule has 54 valence electrons. The summed E-state index contributed by atoms with van der Waals surface area (Å²) in [4.78, 5) is 11.2. The largest absolute Gasteiger partial charge is 0.299 e. The first kappa shape index (κ1) is 6.14. The van der Waals surface area contributed by atoms with Gasteiger partial charge in [0.15, 0.2) is 0 Å². The molecular formula is C9H12O. The maximum Gasteiger partial charge on any atom is 0.137 e. The first-order valence-electron chi connectivity index (χ1n) is 4.00. The highest BCUT2D eigenvalue weighted by Crippen LogP contribution is 2.40. The fourth-order valence-corrected chi connectivity index (χ4v) is 2.23. The van der Waals surface area contributed by atoms with Crippen molar-refractivity contribution in [3.05, 3.63) is 12.2 Å². The second kappa shape index (κ2) is 1.94. The summed E-state index contributed by atoms with van der Waals surface area (Å²) in [5.41, 5.74) is 0. The lowest BCUT2D eigenvalue weighted by Gasteiger charge is -2.11. The number of hydrogen-bond donors (Lipinski definition) is 0. The van der Waals surface area contributed by atoms with Gasteiger partial charge in [-0.15, -0.1) is 0 Å². The molecule has 0 spiro atoms. The van der Waals surface area contributed by atoms with Crippen LogP contribution in [0.4, 0.5) is 0 Å². The summed E-state index contributed by atoms with van der Waals surface area (Å²) in [6, 6.07) is 0. The first-order chi connectivity index (χ1) is 4.79. The van der Waals surface area contributed by atoms with Gasteiger partial charge in [0.25, 0.3) is 0 Å². The molecule has 0 amide bonds. The summed E-state index contributed by atoms with van der Waals surface area (Å²) in [6.45, 7) is 2.14. The summed E-state index contributed by atoms with van der Waals surface area (Å²) in [5, 5.41) is 0. The van der Waals surface area contributed by atoms with Crippen LogP contribution < -0.4 is 0 Å². The lowest BCUT2D eigenvalue weighted by Crippen LogP contribution is -2.15. The van der Waals surface area contributed by atoms with Gasteiger partial charge in [0.2, 0.25) is 0 Å². The highest BCUT2D eigenvalue weighted by Gasteiger charge is 2.38. The van der Waals surface area contributed by atoms with E-state index in [-0.39, 0.29) is 0 Å². The van der Waals surface area contributed by atoms with Crippen molar-refractivity contribution in [1.29, 1.82) is 0 Å². The number of carbonyl (C=O) groups is 1. The molecule has 0 N–H and O–H groups in total. The molecule has 0 radical (unpaired) electrons. The standard InChI is InChI=1S/C9H12O/c1-6-2-3-7-4-5-8(10)9(6)7/h2-3,6-7,9H,4-5H2,1H3/t6-,7-,9-/m1/s1. The van der Waals surface area contributed by atoms with Gasteiger partial charge in [0.05, 0.1) is 0 Å². The van der Waals surface area contributed by atoms with Crippen molar-refractivity contribution in [1.82, 2.24) is 0 Å². The van der Waals surface area contributed by atoms with Gasteiger partial charge in [-0.05, 0) is 18.3 Å². The van der Waals surface area contributed by atoms with Crippen LogP contribution in [0.15, 0.2) is 12.2 Å². The van der Waals surface area contributed by atoms with Crippen molar-refractivity contribution in [2.24, 2.45) is 17.8 Å². The van der Waals surface area contributed by atoms with Crippen LogP contribution in [0.5, 0.6) is 0 Å². The third-order valence-electron chi connectivity index (χ3n) is 2.79. The predicted octanol–water partition coefficient (Wildman–Crippen LogP) is 1.79. The van der Waals surface area contributed by atoms with Crippen molar-refractivity contribution in [2.75, 3.05) is 0 Å². The molecular weight excluding hydrogens is 124 g/mol. The number of ketones is 1. The molecule has 0 aliphatic heterocycles. The zero-order valence-corrected chi connectivity index (χ0v) is 6.21. The Labute approximate surface area is 61.1 Å². The molecule has 0 bridgehead atoms. The second-order valence-electron chi connectivity index (χ2n) is 3.44. The van der Waals surface area contributed by atoms with Gasteiger partial charge in [0.1, 0.15) is 5.78 Å². The topological polar surface area (TPSA) is 17.1 Å². The van der Waals surface area contributed by atoms with E-state index in [1.54, 1.807) is 0 Å². The zero-order valence-electron chi connectivity index (χ0n) is 6.21. The lowest BCUT2D eigenvalue weighted by atomic mass is 9.92. The molecule has 3 atom stereocenters. The fourth-order valence-electron chi connectivity index (χ4n) is 2.23. The Morgan fingerprint density at radius 2 is 2.30 bits per heavy atom. The molecule has 0 unspecified atom stereocenters. The van der Waals surface area contributed by atoms with Gasteiger partial charge in [-0.1, -0.05) is 19.1 Å². The van der Waals surface area contributed by atoms with E-state index in [0.29, 0.717) is 23.5 Å². The smallest absolute Gasteiger partial charge is 0.137 e. The van der Waals surface area contributed by atoms with Crippen molar-refractivity contribution in [3.63, 3.8) is 0 Å². The SMILES string of the molecule is C[C@@H]1C=C[C@@H]2CCC(=O)[C@H]12. The number of Topliss-reactive ketones (excluding diaryl/α,β-unsaturated/α-hetero) is 1. The molecule has 1 heteroatoms. The van der Waals surface area contributed by atoms with E-state index >= 15 is 0 Å². The molecule has 1 nitrogen and oxygen atoms in total. The van der Waals surface area contributed by atoms with E-state index in [9.17, 15) is 4.79 Å². The minimum Gasteiger partial charge on any atom is -0.299 e. The first-order valence-corrected chi connectivity index (χ1v) is 4.00. The second-order valence-corrected chi connectivity index (χ2v) is 3.44. The lowest BCUT2D eigenvalue weighted by molar-refractivity contribution is -0.121. The molecule has 0 saturated heterocycles. The van der Waals surface area contributed by atoms with Gasteiger partial charge in [0, 0.05) is 12.3 Å². The van der Waals surface area contributed by atoms with Crippen LogP contribution in [0.2, 0.25) is 0 Å². The van der Waals surface area contributed by atoms with E-state index in [1.165, 1.54) is 0 Å². The summed E-state index contributed by atoms with van der Waals surface area (Å²) < 4.78 is 0. The van der Waals surface area contributed by atoms with Crippen molar-refractivity contribution in [2.45, 2.75) is 19.8 Å². The number of rotatable bonds is 0. The van der Waals surface area contributed by atoms with E-state index in [0.717, 1.165) is 12.8 Å². The van der Waals surface area contributed by atoms with Crippen LogP contribution in [0.3, 0.4) is 0 Å². The van der Waals surface area contributed by atoms with E-state index in [2.05, 4.69) is 19.1 Å². The molecule has 0 aromatic heterocycles. The van der Waals surface area contributed by atoms with Crippen LogP contribution in [-0.4, -0.2) is 5.78 Å². The minimum absolute atomic E-state index is 0.361. The maximum atomic E-state index is 11.2. The van der Waals surface area contributed by atoms with Gasteiger partial charge in [-0.3, -0.25) is 4.79 Å². The molecule has 0 aromatic rings. The molecule has 0 heterocycles. The van der Waals surface area contributed by atoms with Gasteiger partial charge in [-0.25, -0.2) is 0 Å². The van der Waals surface area contributed by atoms with Crippen LogP contribution in [0, 0.1) is 17.8 Å². The van der Waals surface area contributed by atoms with Gasteiger partial charge < -0.3 is 0 Å². The Hall–Kier alpha value is -0.590. The predicted molar refractivity (Wildman–Crippen MR) is 39.5 cm³/mol. The van der Waals surface area contributed by atoms with Crippen molar-refractivity contribution >= 4 is 5.78 Å². The average Bonchev–Trinajstić information content (AvgIpc) is 2.40. The Balaban J connectivity index is 2.25. The van der Waals surface area contributed by atoms with E-state index in [4.69, 9.17) is 0 Å². The van der Waals surface area contributed by atoms with Gasteiger partial charge >= 0.3 is 0 Å². The van der Waals surface area contributed by atoms with Crippen LogP contribution in [-0.2, 0) is 4.79 Å². The molecule has 2 rings (SSSR count). The van der Waals surface area contributed by atoms with Crippen LogP contribution >= 0.6 is 0 Å². The van der Waals surface area contributed by atoms with Crippen LogP contribution in [0.25, 0.3) is 0 Å². The third kappa shape index (κ3) is 0.664. The summed E-state index contributed by atoms with van der Waals surface area (Å²) in [7, 11) is 0. The Kier molecular flexibility index (Phi) is 1.19. The molecule has 1 fully saturated rings. The highest BCUT2D eigenvalue weighted by atomic mass is 16.1. The number of carbonyl (C=O) groups excluding carboxylic acids is 1. The van der Waals surface area contributed by atoms with Crippen LogP contribution in [0.1, 0.15) is 19.8 Å². The van der Waals surface area contributed by atoms with E-state index in [1.807, 2.05) is 0 Å². The maximum absolute atomic E-state index is 11.2. The molecule has 10 heavy (non-hydrogen) atoms. The normalized spacial score (nSPS) is 44.5. The Morgan fingerprint density at radius 3 is 3.00 bits per heavy atom. The third-order valence-corrected chi connectivity index (χ3v) is 2.79. The summed E-state index contributed by atoms with van der Waals surface area (Å²) >= 11 is 0. The van der Waals surface area contributed by atoms with Crippen molar-refractivity contribution in [3.8, 4) is 0 Å². The Morgan fingerprint density at radius 1 is 1.50 bits per heavy atom. The fraction of sp³-hybridized carbons (Fsp3) is 0.667. The number of fused-ring (bicyclic) bond motifs is 1. The summed E-state index contributed by atoms with van der Waals surface area (Å²) in [6.07, 6.45) is 6.33. The minimum atomic E-state index is 0.361. The Bertz CT molecular complexity index is 193. The molecule has 1 saturated carbocycles. The number of hydrogen-bond acceptors (Lipinski definition) is 1. The molecule has 0 aromatic carbocycles. The van der Waals surface area contributed by atoms with Gasteiger partial charge in [-0.2, -0.15) is 0 Å². The molecule has 2 aliphatic rings. The van der Waals surface area contributed by atoms with Crippen molar-refractivity contribution < 1.29 is 4.79 Å². The number of allylic oxidation sites excluding steroid dienone is 2. The monoisotopic (exact) mass is 136 g/mol.